The van der Waals surface area contributed by atoms with Crippen molar-refractivity contribution in [2.75, 3.05) is 5.32 Å². The molecular weight excluding hydrogens is 248 g/mol. The van der Waals surface area contributed by atoms with E-state index in [1.165, 1.54) is 6.33 Å². The van der Waals surface area contributed by atoms with Crippen LogP contribution >= 0.6 is 0 Å². The summed E-state index contributed by atoms with van der Waals surface area (Å²) in [7, 11) is 0. The summed E-state index contributed by atoms with van der Waals surface area (Å²) in [6.45, 7) is 1.78. The first-order valence-corrected chi connectivity index (χ1v) is 5.82. The number of anilines is 1. The van der Waals surface area contributed by atoms with E-state index in [0.29, 0.717) is 11.5 Å². The van der Waals surface area contributed by atoms with Crippen LogP contribution in [0.2, 0.25) is 0 Å². The summed E-state index contributed by atoms with van der Waals surface area (Å²) in [5, 5.41) is 8.78. The minimum absolute atomic E-state index is 0.277. The third-order valence-electron chi connectivity index (χ3n) is 2.76. The molecule has 2 atom stereocenters. The Morgan fingerprint density at radius 1 is 1.32 bits per heavy atom. The van der Waals surface area contributed by atoms with Crippen molar-refractivity contribution in [2.45, 2.75) is 19.1 Å². The molecule has 1 aliphatic rings. The Labute approximate surface area is 108 Å². The van der Waals surface area contributed by atoms with Crippen molar-refractivity contribution in [2.24, 2.45) is 0 Å². The van der Waals surface area contributed by atoms with Crippen molar-refractivity contribution < 1.29 is 14.3 Å². The van der Waals surface area contributed by atoms with E-state index in [1.54, 1.807) is 19.1 Å². The molecular formula is C12H12N4O3. The first-order valence-electron chi connectivity index (χ1n) is 5.82. The number of rotatable bonds is 2. The number of aromatic nitrogens is 3. The summed E-state index contributed by atoms with van der Waals surface area (Å²) in [5.41, 5.74) is 0. The van der Waals surface area contributed by atoms with Crippen molar-refractivity contribution in [1.82, 2.24) is 15.2 Å². The van der Waals surface area contributed by atoms with Crippen LogP contribution in [0.1, 0.15) is 6.92 Å². The van der Waals surface area contributed by atoms with Crippen molar-refractivity contribution in [3.8, 4) is 11.5 Å². The maximum absolute atomic E-state index is 12.1. The number of carbonyl (C=O) groups excluding carboxylic acids is 1. The molecule has 0 saturated carbocycles. The zero-order valence-corrected chi connectivity index (χ0v) is 10.2. The third kappa shape index (κ3) is 2.22. The Morgan fingerprint density at radius 2 is 2.05 bits per heavy atom. The van der Waals surface area contributed by atoms with Crippen molar-refractivity contribution in [3.05, 3.63) is 30.6 Å². The van der Waals surface area contributed by atoms with Gasteiger partial charge < -0.3 is 9.47 Å². The number of ether oxygens (including phenoxy) is 2. The number of hydrogen-bond donors (Lipinski definition) is 2. The topological polar surface area (TPSA) is 89.1 Å². The molecule has 2 N–H and O–H groups in total. The number of para-hydroxylation sites is 2. The monoisotopic (exact) mass is 260 g/mol. The van der Waals surface area contributed by atoms with Gasteiger partial charge in [-0.2, -0.15) is 10.1 Å². The molecule has 2 aromatic rings. The molecule has 1 aromatic heterocycles. The van der Waals surface area contributed by atoms with E-state index in [1.807, 2.05) is 12.1 Å². The molecule has 0 aliphatic carbocycles. The molecule has 0 bridgehead atoms. The van der Waals surface area contributed by atoms with Crippen LogP contribution in [0.5, 0.6) is 11.5 Å². The number of nitrogens with one attached hydrogen (secondary N) is 2. The van der Waals surface area contributed by atoms with Crippen LogP contribution in [0.4, 0.5) is 5.95 Å². The second kappa shape index (κ2) is 4.60. The molecule has 7 nitrogen and oxygen atoms in total. The lowest BCUT2D eigenvalue weighted by Gasteiger charge is -2.30. The number of H-pyrrole nitrogens is 1. The molecule has 0 saturated heterocycles. The number of hydrogen-bond acceptors (Lipinski definition) is 5. The maximum atomic E-state index is 12.1. The second-order valence-corrected chi connectivity index (χ2v) is 4.13. The molecule has 0 fully saturated rings. The third-order valence-corrected chi connectivity index (χ3v) is 2.76. The molecule has 98 valence electrons. The van der Waals surface area contributed by atoms with Crippen molar-refractivity contribution in [3.63, 3.8) is 0 Å². The van der Waals surface area contributed by atoms with E-state index < -0.39 is 12.2 Å². The van der Waals surface area contributed by atoms with Gasteiger partial charge in [0.05, 0.1) is 0 Å². The van der Waals surface area contributed by atoms with Crippen LogP contribution in [-0.2, 0) is 4.79 Å². The molecule has 19 heavy (non-hydrogen) atoms. The van der Waals surface area contributed by atoms with Gasteiger partial charge in [0.15, 0.2) is 11.5 Å². The Hall–Kier alpha value is -2.57. The van der Waals surface area contributed by atoms with Crippen LogP contribution < -0.4 is 14.8 Å². The van der Waals surface area contributed by atoms with E-state index in [2.05, 4.69) is 20.5 Å². The highest BCUT2D eigenvalue weighted by Gasteiger charge is 2.34. The normalized spacial score (nSPS) is 20.9. The SMILES string of the molecule is C[C@H]1Oc2ccccc2O[C@@H]1C(=O)Nc1ncn[nH]1. The molecule has 1 amide bonds. The number of amides is 1. The first-order chi connectivity index (χ1) is 9.24. The minimum atomic E-state index is -0.736. The highest BCUT2D eigenvalue weighted by Crippen LogP contribution is 2.33. The smallest absolute Gasteiger partial charge is 0.271 e. The van der Waals surface area contributed by atoms with Crippen LogP contribution in [0.25, 0.3) is 0 Å². The van der Waals surface area contributed by atoms with Gasteiger partial charge in [-0.25, -0.2) is 5.10 Å². The standard InChI is InChI=1S/C12H12N4O3/c1-7-10(11(17)15-12-13-6-14-16-12)19-9-5-3-2-4-8(9)18-7/h2-7,10H,1H3,(H2,13,14,15,16,17)/t7-,10+/m1/s1. The van der Waals surface area contributed by atoms with E-state index >= 15 is 0 Å². The van der Waals surface area contributed by atoms with E-state index in [9.17, 15) is 4.79 Å². The molecule has 2 heterocycles. The Kier molecular flexibility index (Phi) is 2.79. The van der Waals surface area contributed by atoms with Gasteiger partial charge in [-0.05, 0) is 19.1 Å². The summed E-state index contributed by atoms with van der Waals surface area (Å²) < 4.78 is 11.3. The van der Waals surface area contributed by atoms with Gasteiger partial charge in [0, 0.05) is 0 Å². The van der Waals surface area contributed by atoms with Gasteiger partial charge in [0.25, 0.3) is 5.91 Å². The lowest BCUT2D eigenvalue weighted by Crippen LogP contribution is -2.46. The van der Waals surface area contributed by atoms with Crippen LogP contribution in [0, 0.1) is 0 Å². The molecule has 0 radical (unpaired) electrons. The lowest BCUT2D eigenvalue weighted by atomic mass is 10.1. The fourth-order valence-electron chi connectivity index (χ4n) is 1.86. The summed E-state index contributed by atoms with van der Waals surface area (Å²) in [6.07, 6.45) is 0.185. The number of carbonyl (C=O) groups is 1. The van der Waals surface area contributed by atoms with Gasteiger partial charge in [0.1, 0.15) is 12.4 Å². The average Bonchev–Trinajstić information content (AvgIpc) is 2.90. The maximum Gasteiger partial charge on any atom is 0.271 e. The number of nitrogens with zero attached hydrogens (tertiary/aromatic N) is 2. The molecule has 0 unspecified atom stereocenters. The van der Waals surface area contributed by atoms with Crippen molar-refractivity contribution in [1.29, 1.82) is 0 Å². The summed E-state index contributed by atoms with van der Waals surface area (Å²) in [5.74, 6) is 1.13. The summed E-state index contributed by atoms with van der Waals surface area (Å²) in [4.78, 5) is 15.9. The van der Waals surface area contributed by atoms with Crippen LogP contribution in [0.15, 0.2) is 30.6 Å². The van der Waals surface area contributed by atoms with E-state index in [4.69, 9.17) is 9.47 Å². The summed E-state index contributed by atoms with van der Waals surface area (Å²) in [6, 6.07) is 7.24. The van der Waals surface area contributed by atoms with E-state index in [0.717, 1.165) is 0 Å². The van der Waals surface area contributed by atoms with Gasteiger partial charge in [0.2, 0.25) is 12.1 Å². The van der Waals surface area contributed by atoms with Gasteiger partial charge >= 0.3 is 0 Å². The zero-order valence-electron chi connectivity index (χ0n) is 10.2. The lowest BCUT2D eigenvalue weighted by molar-refractivity contribution is -0.128. The first kappa shape index (κ1) is 11.5. The van der Waals surface area contributed by atoms with Gasteiger partial charge in [-0.15, -0.1) is 0 Å². The van der Waals surface area contributed by atoms with Crippen LogP contribution in [0.3, 0.4) is 0 Å². The zero-order chi connectivity index (χ0) is 13.2. The fourth-order valence-corrected chi connectivity index (χ4v) is 1.86. The van der Waals surface area contributed by atoms with Gasteiger partial charge in [-0.3, -0.25) is 10.1 Å². The summed E-state index contributed by atoms with van der Waals surface area (Å²) >= 11 is 0. The second-order valence-electron chi connectivity index (χ2n) is 4.13. The number of aromatic amines is 1. The largest absolute Gasteiger partial charge is 0.482 e. The highest BCUT2D eigenvalue weighted by atomic mass is 16.6. The molecule has 1 aromatic carbocycles. The minimum Gasteiger partial charge on any atom is -0.482 e. The highest BCUT2D eigenvalue weighted by molar-refractivity contribution is 5.93. The quantitative estimate of drug-likeness (QED) is 0.839. The molecule has 7 heteroatoms. The molecule has 3 rings (SSSR count). The Bertz CT molecular complexity index is 584. The number of fused-ring (bicyclic) bond motifs is 1. The van der Waals surface area contributed by atoms with Gasteiger partial charge in [-0.1, -0.05) is 12.1 Å². The predicted octanol–water partition coefficient (Wildman–Crippen LogP) is 0.972. The van der Waals surface area contributed by atoms with Crippen molar-refractivity contribution >= 4 is 11.9 Å². The van der Waals surface area contributed by atoms with Crippen LogP contribution in [-0.4, -0.2) is 33.3 Å². The Morgan fingerprint density at radius 3 is 2.74 bits per heavy atom. The van der Waals surface area contributed by atoms with E-state index in [-0.39, 0.29) is 11.9 Å². The fraction of sp³-hybridized carbons (Fsp3) is 0.250. The Balaban J connectivity index is 1.77. The average molecular weight is 260 g/mol. The number of benzene rings is 1. The molecule has 1 aliphatic heterocycles. The molecule has 0 spiro atoms. The predicted molar refractivity (Wildman–Crippen MR) is 66.0 cm³/mol.